The summed E-state index contributed by atoms with van der Waals surface area (Å²) in [5, 5.41) is 0.0548. The summed E-state index contributed by atoms with van der Waals surface area (Å²) in [5.74, 6) is -2.17. The van der Waals surface area contributed by atoms with Gasteiger partial charge in [0.25, 0.3) is 0 Å². The van der Waals surface area contributed by atoms with Gasteiger partial charge in [-0.25, -0.2) is 13.2 Å². The normalized spacial score (nSPS) is 17.6. The van der Waals surface area contributed by atoms with Crippen molar-refractivity contribution in [2.45, 2.75) is 25.6 Å². The molecule has 1 aliphatic heterocycles. The van der Waals surface area contributed by atoms with Gasteiger partial charge < -0.3 is 4.57 Å². The van der Waals surface area contributed by atoms with Crippen LogP contribution in [0.5, 0.6) is 0 Å². The van der Waals surface area contributed by atoms with Gasteiger partial charge in [-0.1, -0.05) is 29.8 Å². The average molecular weight is 391 g/mol. The highest BCUT2D eigenvalue weighted by atomic mass is 35.5. The zero-order valence-electron chi connectivity index (χ0n) is 14.5. The first-order chi connectivity index (χ1) is 13.0. The van der Waals surface area contributed by atoms with Crippen molar-refractivity contribution in [2.24, 2.45) is 0 Å². The Morgan fingerprint density at radius 2 is 1.81 bits per heavy atom. The lowest BCUT2D eigenvalue weighted by atomic mass is 10.00. The van der Waals surface area contributed by atoms with E-state index in [1.807, 2.05) is 18.3 Å². The number of benzene rings is 2. The highest BCUT2D eigenvalue weighted by molar-refractivity contribution is 6.30. The first-order valence-electron chi connectivity index (χ1n) is 8.81. The van der Waals surface area contributed by atoms with E-state index in [0.29, 0.717) is 18.7 Å². The Balaban J connectivity index is 1.78. The van der Waals surface area contributed by atoms with Crippen molar-refractivity contribution in [1.29, 1.82) is 0 Å². The van der Waals surface area contributed by atoms with E-state index < -0.39 is 23.5 Å². The minimum absolute atomic E-state index is 0.0548. The van der Waals surface area contributed by atoms with Crippen LogP contribution < -0.4 is 0 Å². The molecule has 27 heavy (non-hydrogen) atoms. The largest absolute Gasteiger partial charge is 0.350 e. The lowest BCUT2D eigenvalue weighted by molar-refractivity contribution is 0.215. The van der Waals surface area contributed by atoms with Crippen LogP contribution in [0, 0.1) is 17.5 Å². The molecule has 0 spiro atoms. The molecule has 0 fully saturated rings. The molecular formula is C21H18ClF3N2. The van der Waals surface area contributed by atoms with Crippen molar-refractivity contribution >= 4 is 11.6 Å². The number of nitrogens with zero attached hydrogens (tertiary/aromatic N) is 2. The molecule has 2 nitrogen and oxygen atoms in total. The van der Waals surface area contributed by atoms with Gasteiger partial charge >= 0.3 is 0 Å². The van der Waals surface area contributed by atoms with Crippen molar-refractivity contribution in [3.05, 3.63) is 94.0 Å². The molecule has 4 rings (SSSR count). The number of rotatable bonds is 3. The fourth-order valence-electron chi connectivity index (χ4n) is 3.77. The van der Waals surface area contributed by atoms with Crippen LogP contribution in [0.4, 0.5) is 13.2 Å². The Kier molecular flexibility index (Phi) is 4.98. The molecule has 0 amide bonds. The van der Waals surface area contributed by atoms with Crippen LogP contribution in [0.3, 0.4) is 0 Å². The maximum Gasteiger partial charge on any atom is 0.163 e. The molecule has 1 atom stereocenters. The monoisotopic (exact) mass is 390 g/mol. The summed E-state index contributed by atoms with van der Waals surface area (Å²) in [7, 11) is 0. The summed E-state index contributed by atoms with van der Waals surface area (Å²) in [6, 6.07) is 12.3. The zero-order chi connectivity index (χ0) is 19.0. The van der Waals surface area contributed by atoms with Crippen LogP contribution in [-0.4, -0.2) is 16.0 Å². The molecule has 1 aromatic heterocycles. The van der Waals surface area contributed by atoms with E-state index in [1.165, 1.54) is 12.1 Å². The van der Waals surface area contributed by atoms with Crippen molar-refractivity contribution in [3.63, 3.8) is 0 Å². The summed E-state index contributed by atoms with van der Waals surface area (Å²) < 4.78 is 44.2. The lowest BCUT2D eigenvalue weighted by Crippen LogP contribution is -2.30. The molecule has 0 radical (unpaired) electrons. The topological polar surface area (TPSA) is 8.17 Å². The Bertz CT molecular complexity index is 970. The SMILES string of the molecule is Fc1ccc(CN2CCCn3cccc3[C@@H]2c2cccc(F)c2F)cc1Cl. The van der Waals surface area contributed by atoms with Crippen LogP contribution in [-0.2, 0) is 13.1 Å². The fraction of sp³-hybridized carbons (Fsp3) is 0.238. The van der Waals surface area contributed by atoms with Crippen LogP contribution in [0.1, 0.15) is 29.3 Å². The Labute approximate surface area is 160 Å². The Hall–Kier alpha value is -2.24. The van der Waals surface area contributed by atoms with E-state index in [2.05, 4.69) is 9.47 Å². The average Bonchev–Trinajstić information content (AvgIpc) is 3.03. The van der Waals surface area contributed by atoms with Gasteiger partial charge in [-0.15, -0.1) is 0 Å². The molecule has 0 bridgehead atoms. The second-order valence-corrected chi connectivity index (χ2v) is 7.15. The van der Waals surface area contributed by atoms with Gasteiger partial charge in [-0.2, -0.15) is 0 Å². The maximum absolute atomic E-state index is 14.7. The number of aromatic nitrogens is 1. The van der Waals surface area contributed by atoms with Crippen LogP contribution in [0.25, 0.3) is 0 Å². The highest BCUT2D eigenvalue weighted by Crippen LogP contribution is 2.35. The van der Waals surface area contributed by atoms with Crippen molar-refractivity contribution in [2.75, 3.05) is 6.54 Å². The van der Waals surface area contributed by atoms with Crippen molar-refractivity contribution in [3.8, 4) is 0 Å². The van der Waals surface area contributed by atoms with E-state index in [9.17, 15) is 13.2 Å². The number of hydrogen-bond donors (Lipinski definition) is 0. The summed E-state index contributed by atoms with van der Waals surface area (Å²) in [5.41, 5.74) is 2.03. The predicted octanol–water partition coefficient (Wildman–Crippen LogP) is 5.55. The van der Waals surface area contributed by atoms with E-state index in [1.54, 1.807) is 18.2 Å². The molecule has 0 N–H and O–H groups in total. The van der Waals surface area contributed by atoms with Gasteiger partial charge in [-0.3, -0.25) is 4.90 Å². The van der Waals surface area contributed by atoms with Crippen LogP contribution in [0.15, 0.2) is 54.7 Å². The molecule has 0 saturated heterocycles. The van der Waals surface area contributed by atoms with E-state index in [0.717, 1.165) is 30.3 Å². The Morgan fingerprint density at radius 1 is 0.963 bits per heavy atom. The molecule has 6 heteroatoms. The van der Waals surface area contributed by atoms with Gasteiger partial charge in [0.05, 0.1) is 11.1 Å². The second kappa shape index (κ2) is 7.41. The second-order valence-electron chi connectivity index (χ2n) is 6.74. The van der Waals surface area contributed by atoms with Crippen molar-refractivity contribution in [1.82, 2.24) is 9.47 Å². The third kappa shape index (κ3) is 3.49. The minimum Gasteiger partial charge on any atom is -0.350 e. The van der Waals surface area contributed by atoms with Gasteiger partial charge in [-0.05, 0) is 42.3 Å². The predicted molar refractivity (Wildman–Crippen MR) is 99.1 cm³/mol. The van der Waals surface area contributed by atoms with Crippen molar-refractivity contribution < 1.29 is 13.2 Å². The molecule has 3 aromatic rings. The third-order valence-corrected chi connectivity index (χ3v) is 5.29. The zero-order valence-corrected chi connectivity index (χ0v) is 15.3. The summed E-state index contributed by atoms with van der Waals surface area (Å²) in [4.78, 5) is 2.08. The molecular weight excluding hydrogens is 373 g/mol. The van der Waals surface area contributed by atoms with Gasteiger partial charge in [0.1, 0.15) is 5.82 Å². The lowest BCUT2D eigenvalue weighted by Gasteiger charge is -2.31. The molecule has 0 saturated carbocycles. The first-order valence-corrected chi connectivity index (χ1v) is 9.19. The number of aryl methyl sites for hydroxylation is 1. The molecule has 0 aliphatic carbocycles. The summed E-state index contributed by atoms with van der Waals surface area (Å²) in [6.07, 6.45) is 2.82. The van der Waals surface area contributed by atoms with Gasteiger partial charge in [0.15, 0.2) is 11.6 Å². The van der Waals surface area contributed by atoms with E-state index in [4.69, 9.17) is 11.6 Å². The highest BCUT2D eigenvalue weighted by Gasteiger charge is 2.30. The number of hydrogen-bond acceptors (Lipinski definition) is 1. The molecule has 140 valence electrons. The fourth-order valence-corrected chi connectivity index (χ4v) is 3.97. The van der Waals surface area contributed by atoms with Crippen LogP contribution >= 0.6 is 11.6 Å². The molecule has 2 heterocycles. The maximum atomic E-state index is 14.7. The van der Waals surface area contributed by atoms with Gasteiger partial charge in [0, 0.05) is 37.1 Å². The minimum atomic E-state index is -0.861. The smallest absolute Gasteiger partial charge is 0.163 e. The molecule has 0 unspecified atom stereocenters. The Morgan fingerprint density at radius 3 is 2.63 bits per heavy atom. The standard InChI is InChI=1S/C21H18ClF3N2/c22-16-12-14(7-8-17(16)23)13-27-11-3-10-26-9-2-6-19(26)21(27)15-4-1-5-18(24)20(15)25/h1-2,4-9,12,21H,3,10-11,13H2/t21-/m0/s1. The third-order valence-electron chi connectivity index (χ3n) is 5.00. The van der Waals surface area contributed by atoms with Gasteiger partial charge in [0.2, 0.25) is 0 Å². The van der Waals surface area contributed by atoms with E-state index in [-0.39, 0.29) is 5.02 Å². The quantitative estimate of drug-likeness (QED) is 0.569. The first kappa shape index (κ1) is 18.1. The summed E-state index contributed by atoms with van der Waals surface area (Å²) in [6.45, 7) is 1.94. The number of halogens is 4. The molecule has 2 aromatic carbocycles. The molecule has 1 aliphatic rings. The van der Waals surface area contributed by atoms with E-state index >= 15 is 0 Å². The van der Waals surface area contributed by atoms with Crippen LogP contribution in [0.2, 0.25) is 5.02 Å². The summed E-state index contributed by atoms with van der Waals surface area (Å²) >= 11 is 5.92. The number of fused-ring (bicyclic) bond motifs is 1.